The zero-order valence-electron chi connectivity index (χ0n) is 13.1. The first-order valence-corrected chi connectivity index (χ1v) is 7.45. The van der Waals surface area contributed by atoms with Crippen LogP contribution in [0.4, 0.5) is 10.5 Å². The number of benzene rings is 1. The molecule has 21 heavy (non-hydrogen) atoms. The van der Waals surface area contributed by atoms with Gasteiger partial charge >= 0.3 is 6.03 Å². The van der Waals surface area contributed by atoms with Crippen molar-refractivity contribution >= 4 is 11.7 Å². The van der Waals surface area contributed by atoms with Gasteiger partial charge in [0, 0.05) is 38.9 Å². The van der Waals surface area contributed by atoms with Crippen LogP contribution < -0.4 is 10.2 Å². The number of hydrogen-bond acceptors (Lipinski definition) is 3. The fourth-order valence-corrected chi connectivity index (χ4v) is 2.46. The third-order valence-electron chi connectivity index (χ3n) is 3.74. The van der Waals surface area contributed by atoms with E-state index in [-0.39, 0.29) is 12.6 Å². The number of amides is 2. The summed E-state index contributed by atoms with van der Waals surface area (Å²) in [6.07, 6.45) is 2.09. The first-order chi connectivity index (χ1) is 10.0. The van der Waals surface area contributed by atoms with E-state index in [0.29, 0.717) is 19.1 Å². The molecule has 5 heteroatoms. The minimum absolute atomic E-state index is 0.0113. The second kappa shape index (κ2) is 6.80. The Morgan fingerprint density at radius 2 is 2.10 bits per heavy atom. The second-order valence-electron chi connectivity index (χ2n) is 5.83. The average Bonchev–Trinajstić information content (AvgIpc) is 3.27. The van der Waals surface area contributed by atoms with Crippen LogP contribution in [-0.2, 0) is 6.54 Å². The Balaban J connectivity index is 2.00. The number of aliphatic hydroxyl groups is 1. The summed E-state index contributed by atoms with van der Waals surface area (Å²) < 4.78 is 0. The number of carbonyl (C=O) groups excluding carboxylic acids is 1. The quantitative estimate of drug-likeness (QED) is 0.839. The molecule has 0 heterocycles. The number of aliphatic hydroxyl groups excluding tert-OH is 1. The van der Waals surface area contributed by atoms with Crippen LogP contribution in [0.2, 0.25) is 0 Å². The van der Waals surface area contributed by atoms with E-state index in [1.54, 1.807) is 4.90 Å². The molecule has 0 spiro atoms. The number of aryl methyl sites for hydroxylation is 1. The van der Waals surface area contributed by atoms with Crippen molar-refractivity contribution in [3.05, 3.63) is 29.3 Å². The van der Waals surface area contributed by atoms with Crippen LogP contribution in [0, 0.1) is 6.92 Å². The molecule has 0 atom stereocenters. The Morgan fingerprint density at radius 3 is 2.67 bits per heavy atom. The summed E-state index contributed by atoms with van der Waals surface area (Å²) in [5, 5.41) is 12.0. The van der Waals surface area contributed by atoms with Crippen LogP contribution in [0.1, 0.15) is 24.0 Å². The topological polar surface area (TPSA) is 55.8 Å². The summed E-state index contributed by atoms with van der Waals surface area (Å²) in [7, 11) is 4.00. The standard InChI is InChI=1S/C16H25N3O2/c1-12-4-5-13(15(10-12)18(2)3)11-17-16(21)19(8-9-20)14-6-7-14/h4-5,10,14,20H,6-9,11H2,1-3H3,(H,17,21). The van der Waals surface area contributed by atoms with E-state index in [0.717, 1.165) is 24.1 Å². The normalized spacial score (nSPS) is 13.9. The van der Waals surface area contributed by atoms with Crippen molar-refractivity contribution in [1.82, 2.24) is 10.2 Å². The molecule has 2 N–H and O–H groups in total. The number of rotatable bonds is 6. The van der Waals surface area contributed by atoms with Crippen LogP contribution in [0.15, 0.2) is 18.2 Å². The van der Waals surface area contributed by atoms with Crippen molar-refractivity contribution in [2.24, 2.45) is 0 Å². The Hall–Kier alpha value is -1.75. The Bertz CT molecular complexity index is 498. The number of carbonyl (C=O) groups is 1. The molecule has 1 aliphatic rings. The summed E-state index contributed by atoms with van der Waals surface area (Å²) in [4.78, 5) is 16.0. The van der Waals surface area contributed by atoms with Gasteiger partial charge in [0.1, 0.15) is 0 Å². The third-order valence-corrected chi connectivity index (χ3v) is 3.74. The number of nitrogens with one attached hydrogen (secondary N) is 1. The summed E-state index contributed by atoms with van der Waals surface area (Å²) in [6.45, 7) is 2.98. The maximum Gasteiger partial charge on any atom is 0.317 e. The largest absolute Gasteiger partial charge is 0.395 e. The van der Waals surface area contributed by atoms with Crippen LogP contribution >= 0.6 is 0 Å². The lowest BCUT2D eigenvalue weighted by Crippen LogP contribution is -2.42. The molecule has 0 bridgehead atoms. The first kappa shape index (κ1) is 15.6. The van der Waals surface area contributed by atoms with Gasteiger partial charge in [-0.05, 0) is 37.0 Å². The monoisotopic (exact) mass is 291 g/mol. The highest BCUT2D eigenvalue weighted by molar-refractivity contribution is 5.75. The van der Waals surface area contributed by atoms with Crippen molar-refractivity contribution < 1.29 is 9.90 Å². The summed E-state index contributed by atoms with van der Waals surface area (Å²) in [6, 6.07) is 6.45. The van der Waals surface area contributed by atoms with E-state index in [1.165, 1.54) is 5.56 Å². The van der Waals surface area contributed by atoms with Crippen LogP contribution in [-0.4, -0.2) is 49.3 Å². The fourth-order valence-electron chi connectivity index (χ4n) is 2.46. The van der Waals surface area contributed by atoms with Crippen LogP contribution in [0.5, 0.6) is 0 Å². The van der Waals surface area contributed by atoms with E-state index < -0.39 is 0 Å². The van der Waals surface area contributed by atoms with Crippen LogP contribution in [0.3, 0.4) is 0 Å². The minimum Gasteiger partial charge on any atom is -0.395 e. The van der Waals surface area contributed by atoms with Gasteiger partial charge in [0.25, 0.3) is 0 Å². The highest BCUT2D eigenvalue weighted by Gasteiger charge is 2.31. The fraction of sp³-hybridized carbons (Fsp3) is 0.562. The Morgan fingerprint density at radius 1 is 1.38 bits per heavy atom. The van der Waals surface area contributed by atoms with Gasteiger partial charge in [0.15, 0.2) is 0 Å². The predicted molar refractivity (Wildman–Crippen MR) is 84.6 cm³/mol. The number of hydrogen-bond donors (Lipinski definition) is 2. The molecule has 2 rings (SSSR count). The smallest absolute Gasteiger partial charge is 0.317 e. The minimum atomic E-state index is -0.0863. The summed E-state index contributed by atoms with van der Waals surface area (Å²) >= 11 is 0. The van der Waals surface area contributed by atoms with Gasteiger partial charge < -0.3 is 20.2 Å². The highest BCUT2D eigenvalue weighted by atomic mass is 16.3. The maximum absolute atomic E-state index is 12.2. The predicted octanol–water partition coefficient (Wildman–Crippen LogP) is 1.73. The van der Waals surface area contributed by atoms with Gasteiger partial charge in [0.2, 0.25) is 0 Å². The van der Waals surface area contributed by atoms with Gasteiger partial charge in [-0.25, -0.2) is 4.79 Å². The Labute approximate surface area is 126 Å². The van der Waals surface area contributed by atoms with Gasteiger partial charge in [-0.2, -0.15) is 0 Å². The van der Waals surface area contributed by atoms with Crippen molar-refractivity contribution in [3.63, 3.8) is 0 Å². The number of nitrogens with zero attached hydrogens (tertiary/aromatic N) is 2. The van der Waals surface area contributed by atoms with Crippen molar-refractivity contribution in [3.8, 4) is 0 Å². The van der Waals surface area contributed by atoms with E-state index in [4.69, 9.17) is 5.11 Å². The molecule has 1 saturated carbocycles. The first-order valence-electron chi connectivity index (χ1n) is 7.45. The molecule has 1 fully saturated rings. The lowest BCUT2D eigenvalue weighted by atomic mass is 10.1. The molecule has 2 amide bonds. The molecule has 1 aliphatic carbocycles. The summed E-state index contributed by atoms with van der Waals surface area (Å²) in [5.41, 5.74) is 3.42. The zero-order chi connectivity index (χ0) is 15.4. The molecule has 0 saturated heterocycles. The number of urea groups is 1. The molecule has 116 valence electrons. The molecule has 1 aromatic rings. The van der Waals surface area contributed by atoms with Gasteiger partial charge in [-0.1, -0.05) is 12.1 Å². The zero-order valence-corrected chi connectivity index (χ0v) is 13.1. The number of anilines is 1. The third kappa shape index (κ3) is 4.11. The molecular weight excluding hydrogens is 266 g/mol. The second-order valence-corrected chi connectivity index (χ2v) is 5.83. The Kier molecular flexibility index (Phi) is 5.07. The SMILES string of the molecule is Cc1ccc(CNC(=O)N(CCO)C2CC2)c(N(C)C)c1. The summed E-state index contributed by atoms with van der Waals surface area (Å²) in [5.74, 6) is 0. The van der Waals surface area contributed by atoms with Gasteiger partial charge in [-0.3, -0.25) is 0 Å². The molecule has 0 radical (unpaired) electrons. The van der Waals surface area contributed by atoms with Crippen molar-refractivity contribution in [2.45, 2.75) is 32.4 Å². The average molecular weight is 291 g/mol. The van der Waals surface area contributed by atoms with E-state index in [2.05, 4.69) is 35.3 Å². The molecule has 0 aromatic heterocycles. The van der Waals surface area contributed by atoms with Gasteiger partial charge in [-0.15, -0.1) is 0 Å². The van der Waals surface area contributed by atoms with Gasteiger partial charge in [0.05, 0.1) is 6.61 Å². The lowest BCUT2D eigenvalue weighted by Gasteiger charge is -2.23. The molecule has 1 aromatic carbocycles. The molecular formula is C16H25N3O2. The van der Waals surface area contributed by atoms with Crippen molar-refractivity contribution in [1.29, 1.82) is 0 Å². The lowest BCUT2D eigenvalue weighted by molar-refractivity contribution is 0.173. The molecule has 0 aliphatic heterocycles. The highest BCUT2D eigenvalue weighted by Crippen LogP contribution is 2.26. The van der Waals surface area contributed by atoms with E-state index in [9.17, 15) is 4.79 Å². The van der Waals surface area contributed by atoms with E-state index >= 15 is 0 Å². The molecule has 5 nitrogen and oxygen atoms in total. The maximum atomic E-state index is 12.2. The van der Waals surface area contributed by atoms with Crippen molar-refractivity contribution in [2.75, 3.05) is 32.1 Å². The van der Waals surface area contributed by atoms with Crippen LogP contribution in [0.25, 0.3) is 0 Å². The van der Waals surface area contributed by atoms with E-state index in [1.807, 2.05) is 14.1 Å². The molecule has 0 unspecified atom stereocenters.